The first-order valence-electron chi connectivity index (χ1n) is 5.00. The number of hydrogen-bond donors (Lipinski definition) is 1. The third kappa shape index (κ3) is 1.45. The molecule has 0 spiro atoms. The number of benzene rings is 1. The molecular weight excluding hydrogens is 219 g/mol. The summed E-state index contributed by atoms with van der Waals surface area (Å²) in [7, 11) is -0.686. The van der Waals surface area contributed by atoms with Gasteiger partial charge in [0.2, 0.25) is 0 Å². The van der Waals surface area contributed by atoms with Crippen LogP contribution in [0.15, 0.2) is 46.9 Å². The first kappa shape index (κ1) is 9.63. The van der Waals surface area contributed by atoms with Gasteiger partial charge in [-0.15, -0.1) is 11.3 Å². The fourth-order valence-electron chi connectivity index (χ4n) is 1.75. The molecule has 0 atom stereocenters. The Labute approximate surface area is 97.8 Å². The lowest BCUT2D eigenvalue weighted by molar-refractivity contribution is 0.578. The monoisotopic (exact) mass is 228 g/mol. The van der Waals surface area contributed by atoms with E-state index in [1.54, 1.807) is 22.5 Å². The van der Waals surface area contributed by atoms with E-state index in [1.165, 1.54) is 0 Å². The Morgan fingerprint density at radius 1 is 1.19 bits per heavy atom. The van der Waals surface area contributed by atoms with Gasteiger partial charge in [0, 0.05) is 10.6 Å². The summed E-state index contributed by atoms with van der Waals surface area (Å²) in [6.07, 6.45) is 1.79. The maximum atomic E-state index is 10.2. The molecule has 1 aliphatic heterocycles. The molecule has 16 heavy (non-hydrogen) atoms. The molecule has 1 aromatic carbocycles. The highest BCUT2D eigenvalue weighted by Gasteiger charge is 2.30. The summed E-state index contributed by atoms with van der Waals surface area (Å²) in [5.41, 5.74) is 1.81. The molecule has 0 amide bonds. The number of fused-ring (bicyclic) bond motifs is 1. The summed E-state index contributed by atoms with van der Waals surface area (Å²) in [6, 6.07) is 11.6. The van der Waals surface area contributed by atoms with Crippen molar-refractivity contribution in [2.24, 2.45) is 5.10 Å². The van der Waals surface area contributed by atoms with Crippen molar-refractivity contribution in [3.8, 4) is 0 Å². The molecule has 0 saturated heterocycles. The third-order valence-corrected chi connectivity index (χ3v) is 3.42. The van der Waals surface area contributed by atoms with Crippen LogP contribution >= 0.6 is 11.3 Å². The fraction of sp³-hybridized carbons (Fsp3) is 0. The molecule has 1 aliphatic rings. The highest BCUT2D eigenvalue weighted by molar-refractivity contribution is 7.13. The molecule has 0 fully saturated rings. The molecule has 0 radical (unpaired) electrons. The highest BCUT2D eigenvalue weighted by Crippen LogP contribution is 2.19. The van der Waals surface area contributed by atoms with Crippen molar-refractivity contribution in [3.05, 3.63) is 46.7 Å². The van der Waals surface area contributed by atoms with E-state index in [0.717, 1.165) is 16.0 Å². The molecule has 3 nitrogen and oxygen atoms in total. The van der Waals surface area contributed by atoms with Crippen LogP contribution in [0.25, 0.3) is 0 Å². The summed E-state index contributed by atoms with van der Waals surface area (Å²) in [6.45, 7) is 0. The van der Waals surface area contributed by atoms with E-state index in [2.05, 4.69) is 5.10 Å². The van der Waals surface area contributed by atoms with Crippen LogP contribution in [0.2, 0.25) is 0 Å². The Bertz CT molecular complexity index is 526. The Balaban J connectivity index is 2.01. The first-order valence-corrected chi connectivity index (χ1v) is 5.88. The fourth-order valence-corrected chi connectivity index (χ4v) is 2.53. The second-order valence-electron chi connectivity index (χ2n) is 3.54. The topological polar surface area (TPSA) is 35.8 Å². The average molecular weight is 228 g/mol. The lowest BCUT2D eigenvalue weighted by atomic mass is 9.72. The minimum absolute atomic E-state index is 0.686. The van der Waals surface area contributed by atoms with Gasteiger partial charge in [-0.2, -0.15) is 5.10 Å². The molecule has 0 unspecified atom stereocenters. The quantitative estimate of drug-likeness (QED) is 0.746. The molecule has 1 aromatic heterocycles. The number of hydrogen-bond acceptors (Lipinski definition) is 4. The molecule has 5 heteroatoms. The van der Waals surface area contributed by atoms with Crippen molar-refractivity contribution in [2.75, 3.05) is 4.92 Å². The van der Waals surface area contributed by atoms with Crippen LogP contribution < -0.4 is 10.4 Å². The SMILES string of the molecule is OB1c2ccsc2C=NN1c1ccccc1. The van der Waals surface area contributed by atoms with Crippen LogP contribution in [0.5, 0.6) is 0 Å². The van der Waals surface area contributed by atoms with Gasteiger partial charge in [-0.05, 0) is 23.0 Å². The van der Waals surface area contributed by atoms with Crippen LogP contribution in [-0.4, -0.2) is 18.3 Å². The van der Waals surface area contributed by atoms with Gasteiger partial charge in [0.1, 0.15) is 0 Å². The molecule has 1 N–H and O–H groups in total. The van der Waals surface area contributed by atoms with E-state index in [1.807, 2.05) is 41.8 Å². The average Bonchev–Trinajstić information content (AvgIpc) is 2.80. The molecule has 0 aliphatic carbocycles. The second-order valence-corrected chi connectivity index (χ2v) is 4.49. The zero-order valence-electron chi connectivity index (χ0n) is 8.45. The van der Waals surface area contributed by atoms with Crippen molar-refractivity contribution < 1.29 is 5.02 Å². The standard InChI is InChI=1S/C11H9BN2OS/c15-12-10-6-7-16-11(10)8-13-14(12)9-4-2-1-3-5-9/h1-8,15H. The van der Waals surface area contributed by atoms with Gasteiger partial charge in [-0.1, -0.05) is 24.3 Å². The maximum Gasteiger partial charge on any atom is 0.472 e. The summed E-state index contributed by atoms with van der Waals surface area (Å²) < 4.78 is 0. The van der Waals surface area contributed by atoms with Gasteiger partial charge in [0.15, 0.2) is 0 Å². The van der Waals surface area contributed by atoms with Crippen LogP contribution in [0.1, 0.15) is 4.88 Å². The van der Waals surface area contributed by atoms with E-state index >= 15 is 0 Å². The second kappa shape index (κ2) is 3.77. The van der Waals surface area contributed by atoms with E-state index in [4.69, 9.17) is 0 Å². The van der Waals surface area contributed by atoms with Crippen molar-refractivity contribution >= 4 is 35.8 Å². The van der Waals surface area contributed by atoms with Gasteiger partial charge in [-0.3, -0.25) is 4.92 Å². The molecule has 78 valence electrons. The van der Waals surface area contributed by atoms with Crippen molar-refractivity contribution in [1.29, 1.82) is 0 Å². The predicted molar refractivity (Wildman–Crippen MR) is 68.4 cm³/mol. The minimum Gasteiger partial charge on any atom is -0.427 e. The smallest absolute Gasteiger partial charge is 0.427 e. The summed E-state index contributed by atoms with van der Waals surface area (Å²) >= 11 is 1.59. The van der Waals surface area contributed by atoms with E-state index in [0.29, 0.717) is 0 Å². The van der Waals surface area contributed by atoms with Crippen LogP contribution in [0.3, 0.4) is 0 Å². The van der Waals surface area contributed by atoms with Crippen LogP contribution in [0.4, 0.5) is 5.69 Å². The van der Waals surface area contributed by atoms with Gasteiger partial charge >= 0.3 is 7.05 Å². The summed E-state index contributed by atoms with van der Waals surface area (Å²) in [4.78, 5) is 2.65. The molecule has 2 heterocycles. The van der Waals surface area contributed by atoms with Crippen molar-refractivity contribution in [3.63, 3.8) is 0 Å². The van der Waals surface area contributed by atoms with Gasteiger partial charge in [0.05, 0.1) is 6.21 Å². The lowest BCUT2D eigenvalue weighted by Crippen LogP contribution is -2.49. The Morgan fingerprint density at radius 2 is 2.00 bits per heavy atom. The lowest BCUT2D eigenvalue weighted by Gasteiger charge is -2.24. The normalized spacial score (nSPS) is 14.1. The number of hydrazone groups is 1. The Morgan fingerprint density at radius 3 is 2.81 bits per heavy atom. The zero-order chi connectivity index (χ0) is 11.0. The molecule has 2 aromatic rings. The minimum atomic E-state index is -0.686. The van der Waals surface area contributed by atoms with Crippen molar-refractivity contribution in [2.45, 2.75) is 0 Å². The summed E-state index contributed by atoms with van der Waals surface area (Å²) in [5.74, 6) is 0. The first-order chi connectivity index (χ1) is 7.86. The van der Waals surface area contributed by atoms with Gasteiger partial charge < -0.3 is 5.02 Å². The molecule has 0 bridgehead atoms. The van der Waals surface area contributed by atoms with Crippen LogP contribution in [0, 0.1) is 0 Å². The van der Waals surface area contributed by atoms with Gasteiger partial charge in [-0.25, -0.2) is 0 Å². The number of rotatable bonds is 1. The third-order valence-electron chi connectivity index (χ3n) is 2.56. The largest absolute Gasteiger partial charge is 0.472 e. The van der Waals surface area contributed by atoms with E-state index < -0.39 is 7.05 Å². The predicted octanol–water partition coefficient (Wildman–Crippen LogP) is 1.29. The Kier molecular flexibility index (Phi) is 2.27. The number of para-hydroxylation sites is 1. The van der Waals surface area contributed by atoms with Gasteiger partial charge in [0.25, 0.3) is 0 Å². The van der Waals surface area contributed by atoms with E-state index in [9.17, 15) is 5.02 Å². The maximum absolute atomic E-state index is 10.2. The van der Waals surface area contributed by atoms with E-state index in [-0.39, 0.29) is 0 Å². The number of nitrogens with zero attached hydrogens (tertiary/aromatic N) is 2. The van der Waals surface area contributed by atoms with Crippen molar-refractivity contribution in [1.82, 2.24) is 0 Å². The van der Waals surface area contributed by atoms with Crippen LogP contribution in [-0.2, 0) is 0 Å². The summed E-state index contributed by atoms with van der Waals surface area (Å²) in [5, 5.41) is 16.4. The molecular formula is C11H9BN2OS. The molecule has 0 saturated carbocycles. The number of thiophene rings is 1. The highest BCUT2D eigenvalue weighted by atomic mass is 32.1. The Hall–Kier alpha value is -1.59. The number of anilines is 1. The molecule has 3 rings (SSSR count). The zero-order valence-corrected chi connectivity index (χ0v) is 9.26.